The number of phenols is 2. The Morgan fingerprint density at radius 1 is 1.16 bits per heavy atom. The molecule has 2 aromatic rings. The van der Waals surface area contributed by atoms with Crippen molar-refractivity contribution in [2.24, 2.45) is 5.92 Å². The third-order valence-corrected chi connectivity index (χ3v) is 4.21. The number of carbonyl (C=O) groups is 1. The summed E-state index contributed by atoms with van der Waals surface area (Å²) in [6.45, 7) is 0. The van der Waals surface area contributed by atoms with Crippen LogP contribution in [-0.4, -0.2) is 16.1 Å². The van der Waals surface area contributed by atoms with Crippen LogP contribution >= 0.6 is 0 Å². The Bertz CT molecular complexity index is 849. The minimum absolute atomic E-state index is 0.0494. The van der Waals surface area contributed by atoms with Crippen molar-refractivity contribution in [3.63, 3.8) is 0 Å². The summed E-state index contributed by atoms with van der Waals surface area (Å²) < 4.78 is 0. The van der Waals surface area contributed by atoms with E-state index < -0.39 is 5.91 Å². The largest absolute Gasteiger partial charge is 0.504 e. The van der Waals surface area contributed by atoms with E-state index in [1.54, 1.807) is 0 Å². The van der Waals surface area contributed by atoms with Gasteiger partial charge in [0.25, 0.3) is 5.91 Å². The first-order valence-electron chi connectivity index (χ1n) is 8.08. The van der Waals surface area contributed by atoms with Gasteiger partial charge >= 0.3 is 0 Å². The molecule has 2 aromatic carbocycles. The van der Waals surface area contributed by atoms with Crippen LogP contribution in [0.1, 0.15) is 30.0 Å². The highest BCUT2D eigenvalue weighted by molar-refractivity contribution is 6.02. The number of rotatable bonds is 5. The molecule has 3 rings (SSSR count). The lowest BCUT2D eigenvalue weighted by Gasteiger charge is -2.18. The van der Waals surface area contributed by atoms with Crippen LogP contribution < -0.4 is 5.32 Å². The van der Waals surface area contributed by atoms with Gasteiger partial charge in [-0.3, -0.25) is 4.79 Å². The first-order valence-corrected chi connectivity index (χ1v) is 8.08. The molecule has 25 heavy (non-hydrogen) atoms. The van der Waals surface area contributed by atoms with Gasteiger partial charge in [0, 0.05) is 0 Å². The van der Waals surface area contributed by atoms with Gasteiger partial charge in [0.1, 0.15) is 11.6 Å². The topological polar surface area (TPSA) is 93.3 Å². The average Bonchev–Trinajstić information content (AvgIpc) is 3.46. The van der Waals surface area contributed by atoms with Crippen molar-refractivity contribution in [2.45, 2.75) is 18.9 Å². The van der Waals surface area contributed by atoms with Crippen molar-refractivity contribution in [1.82, 2.24) is 5.32 Å². The lowest BCUT2D eigenvalue weighted by Crippen LogP contribution is -2.30. The smallest absolute Gasteiger partial charge is 0.262 e. The lowest BCUT2D eigenvalue weighted by atomic mass is 10.0. The third kappa shape index (κ3) is 3.99. The maximum absolute atomic E-state index is 12.5. The van der Waals surface area contributed by atoms with Gasteiger partial charge in [-0.25, -0.2) is 0 Å². The third-order valence-electron chi connectivity index (χ3n) is 4.21. The van der Waals surface area contributed by atoms with Gasteiger partial charge in [-0.15, -0.1) is 0 Å². The molecule has 1 aliphatic carbocycles. The van der Waals surface area contributed by atoms with E-state index in [1.165, 1.54) is 24.3 Å². The van der Waals surface area contributed by atoms with E-state index in [0.717, 1.165) is 18.4 Å². The van der Waals surface area contributed by atoms with Crippen molar-refractivity contribution in [3.05, 3.63) is 65.2 Å². The first-order chi connectivity index (χ1) is 12.1. The normalized spacial score (nSPS) is 15.2. The van der Waals surface area contributed by atoms with Crippen LogP contribution in [0.2, 0.25) is 0 Å². The monoisotopic (exact) mass is 334 g/mol. The molecule has 0 heterocycles. The number of nitriles is 1. The molecule has 1 unspecified atom stereocenters. The molecule has 5 heteroatoms. The molecule has 126 valence electrons. The fourth-order valence-electron chi connectivity index (χ4n) is 2.73. The van der Waals surface area contributed by atoms with Crippen LogP contribution in [0.25, 0.3) is 6.08 Å². The van der Waals surface area contributed by atoms with Crippen LogP contribution in [0.3, 0.4) is 0 Å². The van der Waals surface area contributed by atoms with Crippen molar-refractivity contribution in [1.29, 1.82) is 5.26 Å². The Labute approximate surface area is 145 Å². The van der Waals surface area contributed by atoms with Gasteiger partial charge in [-0.1, -0.05) is 36.4 Å². The summed E-state index contributed by atoms with van der Waals surface area (Å²) in [7, 11) is 0. The minimum atomic E-state index is -0.448. The summed E-state index contributed by atoms with van der Waals surface area (Å²) in [6.07, 6.45) is 3.50. The van der Waals surface area contributed by atoms with E-state index in [9.17, 15) is 20.3 Å². The molecule has 0 saturated heterocycles. The van der Waals surface area contributed by atoms with Crippen LogP contribution in [0.15, 0.2) is 54.1 Å². The summed E-state index contributed by atoms with van der Waals surface area (Å²) in [5.41, 5.74) is 1.44. The molecule has 0 aromatic heterocycles. The molecule has 0 radical (unpaired) electrons. The number of amides is 1. The molecule has 1 amide bonds. The standard InChI is InChI=1S/C20H18N2O3/c21-12-16(10-13-6-9-17(23)18(24)11-13)20(25)22-19(15-7-8-15)14-4-2-1-3-5-14/h1-6,9-11,15,19,23-24H,7-8H2,(H,22,25)/b16-10+. The quantitative estimate of drug-likeness (QED) is 0.444. The van der Waals surface area contributed by atoms with E-state index in [1.807, 2.05) is 36.4 Å². The number of phenolic OH excluding ortho intramolecular Hbond substituents is 2. The number of nitrogens with one attached hydrogen (secondary N) is 1. The Morgan fingerprint density at radius 2 is 1.88 bits per heavy atom. The first kappa shape index (κ1) is 16.6. The molecule has 3 N–H and O–H groups in total. The number of benzene rings is 2. The van der Waals surface area contributed by atoms with E-state index in [2.05, 4.69) is 5.32 Å². The number of nitrogens with zero attached hydrogens (tertiary/aromatic N) is 1. The second-order valence-corrected chi connectivity index (χ2v) is 6.12. The van der Waals surface area contributed by atoms with Gasteiger partial charge in [-0.05, 0) is 48.1 Å². The maximum Gasteiger partial charge on any atom is 0.262 e. The zero-order valence-electron chi connectivity index (χ0n) is 13.5. The minimum Gasteiger partial charge on any atom is -0.504 e. The lowest BCUT2D eigenvalue weighted by molar-refractivity contribution is -0.117. The second-order valence-electron chi connectivity index (χ2n) is 6.12. The molecule has 1 fully saturated rings. The Morgan fingerprint density at radius 3 is 2.48 bits per heavy atom. The summed E-state index contributed by atoms with van der Waals surface area (Å²) >= 11 is 0. The Hall–Kier alpha value is -3.26. The highest BCUT2D eigenvalue weighted by atomic mass is 16.3. The van der Waals surface area contributed by atoms with Crippen molar-refractivity contribution in [2.75, 3.05) is 0 Å². The van der Waals surface area contributed by atoms with Gasteiger partial charge in [0.2, 0.25) is 0 Å². The van der Waals surface area contributed by atoms with Crippen molar-refractivity contribution >= 4 is 12.0 Å². The predicted molar refractivity (Wildman–Crippen MR) is 93.4 cm³/mol. The zero-order chi connectivity index (χ0) is 17.8. The molecule has 0 spiro atoms. The SMILES string of the molecule is N#C/C(=C\c1ccc(O)c(O)c1)C(=O)NC(c1ccccc1)C1CC1. The summed E-state index contributed by atoms with van der Waals surface area (Å²) in [5, 5.41) is 31.2. The van der Waals surface area contributed by atoms with Gasteiger partial charge < -0.3 is 15.5 Å². The van der Waals surface area contributed by atoms with Crippen molar-refractivity contribution < 1.29 is 15.0 Å². The average molecular weight is 334 g/mol. The fraction of sp³-hybridized carbons (Fsp3) is 0.200. The second kappa shape index (κ2) is 7.10. The Kier molecular flexibility index (Phi) is 4.71. The molecule has 1 saturated carbocycles. The van der Waals surface area contributed by atoms with Gasteiger partial charge in [-0.2, -0.15) is 5.26 Å². The maximum atomic E-state index is 12.5. The Balaban J connectivity index is 1.81. The fourth-order valence-corrected chi connectivity index (χ4v) is 2.73. The highest BCUT2D eigenvalue weighted by Gasteiger charge is 2.33. The summed E-state index contributed by atoms with van der Waals surface area (Å²) in [5.74, 6) is -0.607. The van der Waals surface area contributed by atoms with Crippen LogP contribution in [0, 0.1) is 17.2 Å². The number of aromatic hydroxyl groups is 2. The molecule has 0 aliphatic heterocycles. The molecule has 1 aliphatic rings. The van der Waals surface area contributed by atoms with E-state index >= 15 is 0 Å². The summed E-state index contributed by atoms with van der Waals surface area (Å²) in [6, 6.07) is 15.6. The summed E-state index contributed by atoms with van der Waals surface area (Å²) in [4.78, 5) is 12.5. The predicted octanol–water partition coefficient (Wildman–Crippen LogP) is 3.27. The molecule has 1 atom stereocenters. The molecular weight excluding hydrogens is 316 g/mol. The molecule has 0 bridgehead atoms. The number of hydrogen-bond donors (Lipinski definition) is 3. The van der Waals surface area contributed by atoms with Gasteiger partial charge in [0.15, 0.2) is 11.5 Å². The molecule has 5 nitrogen and oxygen atoms in total. The van der Waals surface area contributed by atoms with E-state index in [-0.39, 0.29) is 23.1 Å². The van der Waals surface area contributed by atoms with Crippen LogP contribution in [0.5, 0.6) is 11.5 Å². The highest BCUT2D eigenvalue weighted by Crippen LogP contribution is 2.41. The van der Waals surface area contributed by atoms with E-state index in [0.29, 0.717) is 11.5 Å². The van der Waals surface area contributed by atoms with Crippen LogP contribution in [0.4, 0.5) is 0 Å². The number of hydrogen-bond acceptors (Lipinski definition) is 4. The molecular formula is C20H18N2O3. The van der Waals surface area contributed by atoms with Crippen molar-refractivity contribution in [3.8, 4) is 17.6 Å². The van der Waals surface area contributed by atoms with Crippen LogP contribution in [-0.2, 0) is 4.79 Å². The zero-order valence-corrected chi connectivity index (χ0v) is 13.5. The number of carbonyl (C=O) groups excluding carboxylic acids is 1. The van der Waals surface area contributed by atoms with Gasteiger partial charge in [0.05, 0.1) is 6.04 Å². The van der Waals surface area contributed by atoms with E-state index in [4.69, 9.17) is 0 Å².